The largest absolute Gasteiger partial charge is 0.486 e. The predicted molar refractivity (Wildman–Crippen MR) is 126 cm³/mol. The van der Waals surface area contributed by atoms with Gasteiger partial charge in [0.05, 0.1) is 5.25 Å². The molecule has 0 spiro atoms. The van der Waals surface area contributed by atoms with E-state index in [1.165, 1.54) is 47.1 Å². The van der Waals surface area contributed by atoms with Gasteiger partial charge < -0.3 is 9.30 Å². The third-order valence-electron chi connectivity index (χ3n) is 5.45. The Balaban J connectivity index is 1.37. The molecular formula is C22H28N6O2S2. The van der Waals surface area contributed by atoms with Crippen LogP contribution in [0.4, 0.5) is 5.13 Å². The van der Waals surface area contributed by atoms with Crippen LogP contribution in [-0.4, -0.2) is 36.1 Å². The number of rotatable bonds is 9. The molecule has 1 aromatic carbocycles. The Kier molecular flexibility index (Phi) is 7.41. The topological polar surface area (TPSA) is 94.8 Å². The molecular weight excluding hydrogens is 444 g/mol. The van der Waals surface area contributed by atoms with E-state index in [0.717, 1.165) is 35.8 Å². The molecule has 1 aliphatic rings. The smallest absolute Gasteiger partial charge is 0.239 e. The monoisotopic (exact) mass is 472 g/mol. The van der Waals surface area contributed by atoms with Crippen molar-refractivity contribution in [2.75, 3.05) is 5.32 Å². The first-order valence-corrected chi connectivity index (χ1v) is 12.7. The molecule has 0 saturated heterocycles. The Bertz CT molecular complexity index is 1080. The molecule has 1 atom stereocenters. The number of amides is 1. The maximum Gasteiger partial charge on any atom is 0.239 e. The summed E-state index contributed by atoms with van der Waals surface area (Å²) in [6.45, 7) is 6.93. The quantitative estimate of drug-likeness (QED) is 0.464. The van der Waals surface area contributed by atoms with Gasteiger partial charge in [0.25, 0.3) is 0 Å². The van der Waals surface area contributed by atoms with E-state index in [0.29, 0.717) is 23.4 Å². The van der Waals surface area contributed by atoms with E-state index in [1.807, 2.05) is 31.4 Å². The van der Waals surface area contributed by atoms with Crippen LogP contribution in [0.15, 0.2) is 23.4 Å². The molecule has 2 aromatic heterocycles. The van der Waals surface area contributed by atoms with Gasteiger partial charge in [0.2, 0.25) is 11.0 Å². The van der Waals surface area contributed by atoms with Gasteiger partial charge in [0.1, 0.15) is 17.4 Å². The van der Waals surface area contributed by atoms with Crippen LogP contribution >= 0.6 is 23.1 Å². The highest BCUT2D eigenvalue weighted by Crippen LogP contribution is 2.27. The third kappa shape index (κ3) is 5.29. The normalized spacial score (nSPS) is 14.1. The summed E-state index contributed by atoms with van der Waals surface area (Å²) in [4.78, 5) is 12.6. The van der Waals surface area contributed by atoms with Crippen molar-refractivity contribution in [3.05, 3.63) is 40.2 Å². The lowest BCUT2D eigenvalue weighted by molar-refractivity contribution is -0.115. The summed E-state index contributed by atoms with van der Waals surface area (Å²) < 4.78 is 8.03. The molecule has 1 unspecified atom stereocenters. The number of nitrogens with one attached hydrogen (secondary N) is 1. The number of carbonyl (C=O) groups is 1. The van der Waals surface area contributed by atoms with E-state index in [9.17, 15) is 4.79 Å². The molecule has 0 saturated carbocycles. The number of fused-ring (bicyclic) bond motifs is 1. The summed E-state index contributed by atoms with van der Waals surface area (Å²) in [6, 6.07) is 6.37. The van der Waals surface area contributed by atoms with Crippen LogP contribution in [0.3, 0.4) is 0 Å². The van der Waals surface area contributed by atoms with Gasteiger partial charge in [-0.25, -0.2) is 0 Å². The fourth-order valence-electron chi connectivity index (χ4n) is 3.64. The summed E-state index contributed by atoms with van der Waals surface area (Å²) in [5.41, 5.74) is 2.83. The van der Waals surface area contributed by atoms with Gasteiger partial charge >= 0.3 is 0 Å². The lowest BCUT2D eigenvalue weighted by atomic mass is 9.92. The van der Waals surface area contributed by atoms with E-state index in [4.69, 9.17) is 4.74 Å². The van der Waals surface area contributed by atoms with Crippen molar-refractivity contribution in [3.8, 4) is 5.75 Å². The Morgan fingerprint density at radius 3 is 2.75 bits per heavy atom. The lowest BCUT2D eigenvalue weighted by Crippen LogP contribution is -2.23. The van der Waals surface area contributed by atoms with Crippen molar-refractivity contribution in [2.45, 2.75) is 76.4 Å². The molecule has 8 nitrogen and oxygen atoms in total. The van der Waals surface area contributed by atoms with Crippen LogP contribution in [0.25, 0.3) is 0 Å². The average molecular weight is 473 g/mol. The number of hydrogen-bond acceptors (Lipinski definition) is 8. The first kappa shape index (κ1) is 22.7. The van der Waals surface area contributed by atoms with Crippen molar-refractivity contribution in [3.63, 3.8) is 0 Å². The zero-order valence-corrected chi connectivity index (χ0v) is 20.3. The summed E-state index contributed by atoms with van der Waals surface area (Å²) in [7, 11) is 0. The van der Waals surface area contributed by atoms with Crippen LogP contribution in [0.2, 0.25) is 0 Å². The second kappa shape index (κ2) is 10.4. The SMILES string of the molecule is CCc1nnc(NC(=O)C(C)Sc2nnc(COc3ccc4c(c3)CCCC4)n2CC)s1. The van der Waals surface area contributed by atoms with Gasteiger partial charge in [-0.15, -0.1) is 20.4 Å². The number of thioether (sulfide) groups is 1. The summed E-state index contributed by atoms with van der Waals surface area (Å²) in [5, 5.41) is 21.3. The zero-order chi connectivity index (χ0) is 22.5. The number of anilines is 1. The van der Waals surface area contributed by atoms with E-state index in [-0.39, 0.29) is 11.2 Å². The van der Waals surface area contributed by atoms with Gasteiger partial charge in [-0.05, 0) is 69.2 Å². The molecule has 2 heterocycles. The average Bonchev–Trinajstić information content (AvgIpc) is 3.43. The minimum atomic E-state index is -0.354. The first-order valence-electron chi connectivity index (χ1n) is 11.0. The number of hydrogen-bond donors (Lipinski definition) is 1. The predicted octanol–water partition coefficient (Wildman–Crippen LogP) is 4.29. The first-order chi connectivity index (χ1) is 15.6. The van der Waals surface area contributed by atoms with Crippen molar-refractivity contribution < 1.29 is 9.53 Å². The fraction of sp³-hybridized carbons (Fsp3) is 0.500. The van der Waals surface area contributed by atoms with Crippen molar-refractivity contribution in [2.24, 2.45) is 0 Å². The molecule has 4 rings (SSSR count). The Morgan fingerprint density at radius 1 is 1.19 bits per heavy atom. The Hall–Kier alpha value is -2.46. The third-order valence-corrected chi connectivity index (χ3v) is 7.51. The molecule has 3 aromatic rings. The number of nitrogens with zero attached hydrogens (tertiary/aromatic N) is 5. The van der Waals surface area contributed by atoms with Gasteiger partial charge in [0.15, 0.2) is 11.0 Å². The van der Waals surface area contributed by atoms with Crippen molar-refractivity contribution in [1.82, 2.24) is 25.0 Å². The van der Waals surface area contributed by atoms with E-state index in [2.05, 4.69) is 37.8 Å². The van der Waals surface area contributed by atoms with Gasteiger partial charge in [-0.1, -0.05) is 36.1 Å². The highest BCUT2D eigenvalue weighted by atomic mass is 32.2. The second-order valence-corrected chi connectivity index (χ2v) is 10.0. The highest BCUT2D eigenvalue weighted by molar-refractivity contribution is 8.00. The molecule has 0 fully saturated rings. The maximum absolute atomic E-state index is 12.6. The summed E-state index contributed by atoms with van der Waals surface area (Å²) >= 11 is 2.77. The number of carbonyl (C=O) groups excluding carboxylic acids is 1. The zero-order valence-electron chi connectivity index (χ0n) is 18.6. The van der Waals surface area contributed by atoms with Crippen molar-refractivity contribution in [1.29, 1.82) is 0 Å². The lowest BCUT2D eigenvalue weighted by Gasteiger charge is -2.17. The van der Waals surface area contributed by atoms with Crippen LogP contribution in [0, 0.1) is 0 Å². The van der Waals surface area contributed by atoms with E-state index in [1.54, 1.807) is 0 Å². The minimum Gasteiger partial charge on any atom is -0.486 e. The molecule has 32 heavy (non-hydrogen) atoms. The molecule has 0 aliphatic heterocycles. The van der Waals surface area contributed by atoms with Gasteiger partial charge in [-0.2, -0.15) is 0 Å². The Morgan fingerprint density at radius 2 is 2.00 bits per heavy atom. The maximum atomic E-state index is 12.6. The summed E-state index contributed by atoms with van der Waals surface area (Å²) in [6.07, 6.45) is 5.59. The number of ether oxygens (including phenoxy) is 1. The molecule has 10 heteroatoms. The summed E-state index contributed by atoms with van der Waals surface area (Å²) in [5.74, 6) is 1.48. The molecule has 0 bridgehead atoms. The number of aromatic nitrogens is 5. The second-order valence-electron chi connectivity index (χ2n) is 7.67. The van der Waals surface area contributed by atoms with Crippen LogP contribution in [0.5, 0.6) is 5.75 Å². The van der Waals surface area contributed by atoms with E-state index >= 15 is 0 Å². The standard InChI is InChI=1S/C22H28N6O2S2/c1-4-19-25-26-21(32-19)23-20(29)14(3)31-22-27-24-18(28(22)5-2)13-30-17-11-10-15-8-6-7-9-16(15)12-17/h10-12,14H,4-9,13H2,1-3H3,(H,23,26,29). The molecule has 0 radical (unpaired) electrons. The van der Waals surface area contributed by atoms with Gasteiger partial charge in [-0.3, -0.25) is 10.1 Å². The highest BCUT2D eigenvalue weighted by Gasteiger charge is 2.21. The van der Waals surface area contributed by atoms with Crippen LogP contribution in [-0.2, 0) is 37.2 Å². The molecule has 1 amide bonds. The van der Waals surface area contributed by atoms with Crippen LogP contribution in [0.1, 0.15) is 55.6 Å². The van der Waals surface area contributed by atoms with E-state index < -0.39 is 0 Å². The van der Waals surface area contributed by atoms with Crippen LogP contribution < -0.4 is 10.1 Å². The molecule has 1 aliphatic carbocycles. The molecule has 170 valence electrons. The fourth-order valence-corrected chi connectivity index (χ4v) is 5.26. The minimum absolute atomic E-state index is 0.133. The number of aryl methyl sites for hydroxylation is 3. The van der Waals surface area contributed by atoms with Gasteiger partial charge in [0, 0.05) is 6.54 Å². The molecule has 1 N–H and O–H groups in total. The number of benzene rings is 1. The van der Waals surface area contributed by atoms with Crippen molar-refractivity contribution >= 4 is 34.1 Å². The Labute approximate surface area is 196 Å².